The zero-order chi connectivity index (χ0) is 24.3. The molecular weight excluding hydrogens is 426 g/mol. The SMILES string of the molecule is CC1=CC(=O)N(CCCCC(CCCN2C(=O)C=C(C)C2=O)CN2C(=O)C=C(C)C2=O)C1=O. The van der Waals surface area contributed by atoms with Crippen LogP contribution in [0.3, 0.4) is 0 Å². The lowest BCUT2D eigenvalue weighted by Crippen LogP contribution is -2.36. The lowest BCUT2D eigenvalue weighted by atomic mass is 9.95. The number of unbranched alkanes of at least 4 members (excludes halogenated alkanes) is 1. The van der Waals surface area contributed by atoms with Crippen LogP contribution in [-0.4, -0.2) is 69.8 Å². The molecular formula is C24H29N3O6. The molecule has 0 fully saturated rings. The Labute approximate surface area is 192 Å². The summed E-state index contributed by atoms with van der Waals surface area (Å²) in [6.45, 7) is 5.69. The fraction of sp³-hybridized carbons (Fsp3) is 0.500. The lowest BCUT2D eigenvalue weighted by molar-refractivity contribution is -0.139. The number of carbonyl (C=O) groups excluding carboxylic acids is 6. The smallest absolute Gasteiger partial charge is 0.256 e. The van der Waals surface area contributed by atoms with Gasteiger partial charge in [0.2, 0.25) is 0 Å². The molecule has 0 aliphatic carbocycles. The molecule has 0 aromatic rings. The third-order valence-corrected chi connectivity index (χ3v) is 6.24. The van der Waals surface area contributed by atoms with Gasteiger partial charge in [-0.2, -0.15) is 0 Å². The van der Waals surface area contributed by atoms with E-state index in [2.05, 4.69) is 0 Å². The van der Waals surface area contributed by atoms with Gasteiger partial charge in [0.1, 0.15) is 0 Å². The molecule has 9 heteroatoms. The summed E-state index contributed by atoms with van der Waals surface area (Å²) in [5.74, 6) is -1.83. The predicted molar refractivity (Wildman–Crippen MR) is 118 cm³/mol. The summed E-state index contributed by atoms with van der Waals surface area (Å²) in [6.07, 6.45) is 7.15. The van der Waals surface area contributed by atoms with Gasteiger partial charge in [0, 0.05) is 54.6 Å². The lowest BCUT2D eigenvalue weighted by Gasteiger charge is -2.24. The molecule has 0 aromatic carbocycles. The van der Waals surface area contributed by atoms with Crippen LogP contribution in [0.5, 0.6) is 0 Å². The maximum Gasteiger partial charge on any atom is 0.256 e. The molecule has 3 aliphatic rings. The molecule has 0 saturated carbocycles. The molecule has 9 nitrogen and oxygen atoms in total. The minimum absolute atomic E-state index is 0.0242. The number of hydrogen-bond acceptors (Lipinski definition) is 6. The van der Waals surface area contributed by atoms with E-state index in [9.17, 15) is 28.8 Å². The van der Waals surface area contributed by atoms with Crippen LogP contribution in [0.25, 0.3) is 0 Å². The summed E-state index contributed by atoms with van der Waals surface area (Å²) in [4.78, 5) is 76.1. The van der Waals surface area contributed by atoms with Gasteiger partial charge in [0.25, 0.3) is 35.4 Å². The molecule has 33 heavy (non-hydrogen) atoms. The first kappa shape index (κ1) is 24.3. The second kappa shape index (κ2) is 10.1. The average molecular weight is 456 g/mol. The van der Waals surface area contributed by atoms with E-state index in [0.29, 0.717) is 55.4 Å². The van der Waals surface area contributed by atoms with Crippen LogP contribution in [-0.2, 0) is 28.8 Å². The Hall–Kier alpha value is -3.36. The molecule has 1 unspecified atom stereocenters. The topological polar surface area (TPSA) is 112 Å². The third kappa shape index (κ3) is 5.35. The van der Waals surface area contributed by atoms with Crippen LogP contribution in [0.2, 0.25) is 0 Å². The van der Waals surface area contributed by atoms with Gasteiger partial charge >= 0.3 is 0 Å². The van der Waals surface area contributed by atoms with Crippen molar-refractivity contribution in [2.45, 2.75) is 52.9 Å². The summed E-state index contributed by atoms with van der Waals surface area (Å²) >= 11 is 0. The maximum absolute atomic E-state index is 12.3. The Bertz CT molecular complexity index is 1010. The summed E-state index contributed by atoms with van der Waals surface area (Å²) in [6, 6.07) is 0. The Morgan fingerprint density at radius 2 is 0.970 bits per heavy atom. The minimum Gasteiger partial charge on any atom is -0.275 e. The first-order valence-electron chi connectivity index (χ1n) is 11.2. The molecule has 176 valence electrons. The largest absolute Gasteiger partial charge is 0.275 e. The number of carbonyl (C=O) groups is 6. The minimum atomic E-state index is -0.331. The van der Waals surface area contributed by atoms with E-state index in [1.165, 1.54) is 32.9 Å². The molecule has 6 amide bonds. The third-order valence-electron chi connectivity index (χ3n) is 6.24. The van der Waals surface area contributed by atoms with Gasteiger partial charge in [-0.15, -0.1) is 0 Å². The summed E-state index contributed by atoms with van der Waals surface area (Å²) in [5.41, 5.74) is 1.26. The number of rotatable bonds is 11. The molecule has 0 spiro atoms. The van der Waals surface area contributed by atoms with Crippen LogP contribution < -0.4 is 0 Å². The van der Waals surface area contributed by atoms with E-state index >= 15 is 0 Å². The van der Waals surface area contributed by atoms with Crippen molar-refractivity contribution in [2.75, 3.05) is 19.6 Å². The highest BCUT2D eigenvalue weighted by molar-refractivity contribution is 6.17. The first-order chi connectivity index (χ1) is 15.6. The van der Waals surface area contributed by atoms with Crippen molar-refractivity contribution in [3.05, 3.63) is 34.9 Å². The van der Waals surface area contributed by atoms with Gasteiger partial charge in [-0.1, -0.05) is 6.42 Å². The average Bonchev–Trinajstić information content (AvgIpc) is 3.25. The fourth-order valence-electron chi connectivity index (χ4n) is 4.34. The predicted octanol–water partition coefficient (Wildman–Crippen LogP) is 1.50. The fourth-order valence-corrected chi connectivity index (χ4v) is 4.34. The second-order valence-corrected chi connectivity index (χ2v) is 8.83. The van der Waals surface area contributed by atoms with Crippen molar-refractivity contribution in [3.8, 4) is 0 Å². The van der Waals surface area contributed by atoms with Crippen molar-refractivity contribution in [1.82, 2.24) is 14.7 Å². The highest BCUT2D eigenvalue weighted by Crippen LogP contribution is 2.23. The standard InChI is InChI=1S/C24H29N3O6/c1-15-11-19(28)25(22(15)31)9-5-4-7-18(14-27-21(30)13-17(3)24(27)33)8-6-10-26-20(29)12-16(2)23(26)32/h11-13,18H,4-10,14H2,1-3H3. The van der Waals surface area contributed by atoms with E-state index in [1.807, 2.05) is 0 Å². The van der Waals surface area contributed by atoms with Crippen molar-refractivity contribution >= 4 is 35.4 Å². The van der Waals surface area contributed by atoms with Crippen LogP contribution in [0.4, 0.5) is 0 Å². The molecule has 0 aromatic heterocycles. The van der Waals surface area contributed by atoms with Gasteiger partial charge in [-0.05, 0) is 52.4 Å². The van der Waals surface area contributed by atoms with Crippen molar-refractivity contribution in [1.29, 1.82) is 0 Å². The van der Waals surface area contributed by atoms with Crippen LogP contribution in [0, 0.1) is 5.92 Å². The van der Waals surface area contributed by atoms with Crippen LogP contribution in [0.1, 0.15) is 52.9 Å². The van der Waals surface area contributed by atoms with Gasteiger partial charge in [0.05, 0.1) is 0 Å². The molecule has 1 atom stereocenters. The highest BCUT2D eigenvalue weighted by atomic mass is 16.2. The molecule has 3 aliphatic heterocycles. The van der Waals surface area contributed by atoms with E-state index in [4.69, 9.17) is 0 Å². The summed E-state index contributed by atoms with van der Waals surface area (Å²) < 4.78 is 0. The Balaban J connectivity index is 1.53. The number of imide groups is 3. The summed E-state index contributed by atoms with van der Waals surface area (Å²) in [7, 11) is 0. The van der Waals surface area contributed by atoms with Crippen LogP contribution in [0.15, 0.2) is 34.9 Å². The highest BCUT2D eigenvalue weighted by Gasteiger charge is 2.32. The normalized spacial score (nSPS) is 19.7. The van der Waals surface area contributed by atoms with Crippen molar-refractivity contribution in [2.24, 2.45) is 5.92 Å². The number of nitrogens with zero attached hydrogens (tertiary/aromatic N) is 3. The van der Waals surface area contributed by atoms with Crippen molar-refractivity contribution in [3.63, 3.8) is 0 Å². The van der Waals surface area contributed by atoms with Gasteiger partial charge in [-0.3, -0.25) is 43.5 Å². The monoisotopic (exact) mass is 455 g/mol. The van der Waals surface area contributed by atoms with Gasteiger partial charge in [-0.25, -0.2) is 0 Å². The van der Waals surface area contributed by atoms with E-state index in [0.717, 1.165) is 0 Å². The zero-order valence-electron chi connectivity index (χ0n) is 19.3. The van der Waals surface area contributed by atoms with Crippen LogP contribution >= 0.6 is 0 Å². The molecule has 0 bridgehead atoms. The first-order valence-corrected chi connectivity index (χ1v) is 11.2. The molecule has 0 N–H and O–H groups in total. The quantitative estimate of drug-likeness (QED) is 0.345. The Kier molecular flexibility index (Phi) is 7.40. The second-order valence-electron chi connectivity index (χ2n) is 8.83. The molecule has 0 radical (unpaired) electrons. The van der Waals surface area contributed by atoms with E-state index < -0.39 is 0 Å². The number of amides is 6. The van der Waals surface area contributed by atoms with Gasteiger partial charge in [0.15, 0.2) is 0 Å². The zero-order valence-corrected chi connectivity index (χ0v) is 19.3. The van der Waals surface area contributed by atoms with Gasteiger partial charge < -0.3 is 0 Å². The molecule has 3 heterocycles. The van der Waals surface area contributed by atoms with E-state index in [-0.39, 0.29) is 54.5 Å². The van der Waals surface area contributed by atoms with E-state index in [1.54, 1.807) is 20.8 Å². The maximum atomic E-state index is 12.3. The van der Waals surface area contributed by atoms with Crippen molar-refractivity contribution < 1.29 is 28.8 Å². The molecule has 0 saturated heterocycles. The Morgan fingerprint density at radius 3 is 1.39 bits per heavy atom. The summed E-state index contributed by atoms with van der Waals surface area (Å²) in [5, 5.41) is 0. The number of hydrogen-bond donors (Lipinski definition) is 0. The molecule has 3 rings (SSSR count). The Morgan fingerprint density at radius 1 is 0.576 bits per heavy atom.